The number of carbonyl (C=O) groups excluding carboxylic acids is 1. The third-order valence-corrected chi connectivity index (χ3v) is 4.61. The largest absolute Gasteiger partial charge is 0.394 e. The van der Waals surface area contributed by atoms with Crippen LogP contribution < -0.4 is 0 Å². The van der Waals surface area contributed by atoms with Crippen LogP contribution in [0.25, 0.3) is 0 Å². The van der Waals surface area contributed by atoms with Gasteiger partial charge in [-0.05, 0) is 43.4 Å². The quantitative estimate of drug-likeness (QED) is 0.852. The van der Waals surface area contributed by atoms with Gasteiger partial charge in [-0.15, -0.1) is 0 Å². The number of rotatable bonds is 4. The Hall–Kier alpha value is -1.23. The second kappa shape index (κ2) is 6.26. The summed E-state index contributed by atoms with van der Waals surface area (Å²) in [5, 5.41) is 9.22. The minimum atomic E-state index is -0.172. The number of aliphatic hydroxyl groups excluding tert-OH is 1. The topological polar surface area (TPSA) is 49.8 Å². The normalized spacial score (nSPS) is 25.8. The molecule has 0 spiro atoms. The molecule has 0 amide bonds. The summed E-state index contributed by atoms with van der Waals surface area (Å²) in [5.41, 5.74) is 3.55. The molecule has 1 fully saturated rings. The third-order valence-electron chi connectivity index (χ3n) is 4.61. The van der Waals surface area contributed by atoms with Crippen LogP contribution in [-0.4, -0.2) is 54.2 Å². The van der Waals surface area contributed by atoms with Gasteiger partial charge in [-0.3, -0.25) is 9.69 Å². The maximum atomic E-state index is 12.5. The number of aryl methyl sites for hydroxylation is 2. The third kappa shape index (κ3) is 3.18. The molecule has 1 N–H and O–H groups in total. The number of fused-ring (bicyclic) bond motifs is 1. The molecule has 1 aliphatic heterocycles. The fourth-order valence-electron chi connectivity index (χ4n) is 3.23. The number of ether oxygens (including phenoxy) is 1. The SMILES string of the molecule is CC1COC(CO)CN1CC(=O)c1ccc2c(c1)CCC2. The van der Waals surface area contributed by atoms with E-state index in [1.54, 1.807) is 0 Å². The Kier molecular flexibility index (Phi) is 4.38. The first-order valence-electron chi connectivity index (χ1n) is 7.79. The minimum absolute atomic E-state index is 0.0102. The number of nitrogens with zero attached hydrogens (tertiary/aromatic N) is 1. The van der Waals surface area contributed by atoms with Crippen molar-refractivity contribution in [2.45, 2.75) is 38.3 Å². The number of hydrogen-bond acceptors (Lipinski definition) is 4. The lowest BCUT2D eigenvalue weighted by Crippen LogP contribution is -2.51. The Labute approximate surface area is 125 Å². The molecule has 2 unspecified atom stereocenters. The van der Waals surface area contributed by atoms with Crippen LogP contribution in [0.1, 0.15) is 34.8 Å². The predicted octanol–water partition coefficient (Wildman–Crippen LogP) is 1.44. The lowest BCUT2D eigenvalue weighted by Gasteiger charge is -2.36. The molecule has 1 aliphatic carbocycles. The van der Waals surface area contributed by atoms with Crippen LogP contribution in [0.5, 0.6) is 0 Å². The zero-order valence-electron chi connectivity index (χ0n) is 12.5. The maximum Gasteiger partial charge on any atom is 0.176 e. The van der Waals surface area contributed by atoms with Gasteiger partial charge in [0.1, 0.15) is 0 Å². The van der Waals surface area contributed by atoms with Gasteiger partial charge in [0.2, 0.25) is 0 Å². The average molecular weight is 289 g/mol. The number of ketones is 1. The van der Waals surface area contributed by atoms with Gasteiger partial charge < -0.3 is 9.84 Å². The molecule has 1 heterocycles. The van der Waals surface area contributed by atoms with Gasteiger partial charge in [0, 0.05) is 18.2 Å². The molecule has 21 heavy (non-hydrogen) atoms. The lowest BCUT2D eigenvalue weighted by atomic mass is 10.0. The Balaban J connectivity index is 1.68. The summed E-state index contributed by atoms with van der Waals surface area (Å²) >= 11 is 0. The smallest absolute Gasteiger partial charge is 0.176 e. The highest BCUT2D eigenvalue weighted by molar-refractivity contribution is 5.97. The molecule has 2 aliphatic rings. The molecule has 0 saturated carbocycles. The van der Waals surface area contributed by atoms with Gasteiger partial charge in [0.15, 0.2) is 5.78 Å². The van der Waals surface area contributed by atoms with Crippen molar-refractivity contribution in [3.8, 4) is 0 Å². The average Bonchev–Trinajstić information content (AvgIpc) is 2.96. The molecule has 114 valence electrons. The number of benzene rings is 1. The minimum Gasteiger partial charge on any atom is -0.394 e. The van der Waals surface area contributed by atoms with E-state index in [0.717, 1.165) is 18.4 Å². The maximum absolute atomic E-state index is 12.5. The first kappa shape index (κ1) is 14.7. The molecule has 0 radical (unpaired) electrons. The highest BCUT2D eigenvalue weighted by Crippen LogP contribution is 2.23. The molecule has 4 heteroatoms. The second-order valence-electron chi connectivity index (χ2n) is 6.18. The number of Topliss-reactive ketones (excluding diaryl/α,β-unsaturated/α-hetero) is 1. The monoisotopic (exact) mass is 289 g/mol. The van der Waals surface area contributed by atoms with E-state index in [4.69, 9.17) is 4.74 Å². The number of aliphatic hydroxyl groups is 1. The predicted molar refractivity (Wildman–Crippen MR) is 80.7 cm³/mol. The van der Waals surface area contributed by atoms with Crippen LogP contribution in [0.2, 0.25) is 0 Å². The van der Waals surface area contributed by atoms with E-state index in [-0.39, 0.29) is 24.5 Å². The van der Waals surface area contributed by atoms with Gasteiger partial charge in [-0.1, -0.05) is 12.1 Å². The molecule has 1 aromatic carbocycles. The van der Waals surface area contributed by atoms with E-state index in [0.29, 0.717) is 19.7 Å². The first-order chi connectivity index (χ1) is 10.2. The summed E-state index contributed by atoms with van der Waals surface area (Å²) < 4.78 is 5.51. The Morgan fingerprint density at radius 3 is 3.00 bits per heavy atom. The van der Waals surface area contributed by atoms with Crippen LogP contribution in [0, 0.1) is 0 Å². The van der Waals surface area contributed by atoms with Gasteiger partial charge in [0.05, 0.1) is 25.9 Å². The number of morpholine rings is 1. The van der Waals surface area contributed by atoms with E-state index in [9.17, 15) is 9.90 Å². The van der Waals surface area contributed by atoms with E-state index in [1.165, 1.54) is 17.5 Å². The molecule has 3 rings (SSSR count). The summed E-state index contributed by atoms with van der Waals surface area (Å²) in [5.74, 6) is 0.162. The summed E-state index contributed by atoms with van der Waals surface area (Å²) in [7, 11) is 0. The van der Waals surface area contributed by atoms with Crippen LogP contribution >= 0.6 is 0 Å². The summed E-state index contributed by atoms with van der Waals surface area (Å²) in [6.45, 7) is 3.66. The highest BCUT2D eigenvalue weighted by Gasteiger charge is 2.27. The first-order valence-corrected chi connectivity index (χ1v) is 7.79. The van der Waals surface area contributed by atoms with Crippen molar-refractivity contribution in [3.05, 3.63) is 34.9 Å². The zero-order valence-corrected chi connectivity index (χ0v) is 12.5. The number of hydrogen-bond donors (Lipinski definition) is 1. The summed E-state index contributed by atoms with van der Waals surface area (Å²) in [6.07, 6.45) is 3.26. The van der Waals surface area contributed by atoms with Crippen LogP contribution in [0.3, 0.4) is 0 Å². The second-order valence-corrected chi connectivity index (χ2v) is 6.18. The Bertz CT molecular complexity index is 529. The lowest BCUT2D eigenvalue weighted by molar-refractivity contribution is -0.0747. The van der Waals surface area contributed by atoms with Crippen molar-refractivity contribution in [2.24, 2.45) is 0 Å². The van der Waals surface area contributed by atoms with Crippen molar-refractivity contribution >= 4 is 5.78 Å². The fraction of sp³-hybridized carbons (Fsp3) is 0.588. The molecule has 1 aromatic rings. The van der Waals surface area contributed by atoms with Crippen LogP contribution in [0.4, 0.5) is 0 Å². The van der Waals surface area contributed by atoms with Crippen molar-refractivity contribution in [1.82, 2.24) is 4.90 Å². The summed E-state index contributed by atoms with van der Waals surface area (Å²) in [6, 6.07) is 6.35. The Morgan fingerprint density at radius 2 is 2.19 bits per heavy atom. The van der Waals surface area contributed by atoms with Crippen molar-refractivity contribution in [1.29, 1.82) is 0 Å². The van der Waals surface area contributed by atoms with Crippen molar-refractivity contribution in [3.63, 3.8) is 0 Å². The molecule has 2 atom stereocenters. The highest BCUT2D eigenvalue weighted by atomic mass is 16.5. The van der Waals surface area contributed by atoms with Gasteiger partial charge in [-0.25, -0.2) is 0 Å². The number of carbonyl (C=O) groups is 1. The van der Waals surface area contributed by atoms with E-state index in [1.807, 2.05) is 6.07 Å². The standard InChI is InChI=1S/C17H23NO3/c1-12-11-21-16(10-19)8-18(12)9-17(20)15-6-5-13-3-2-4-14(13)7-15/h5-7,12,16,19H,2-4,8-11H2,1H3. The molecular formula is C17H23NO3. The molecule has 0 bridgehead atoms. The molecule has 0 aromatic heterocycles. The summed E-state index contributed by atoms with van der Waals surface area (Å²) in [4.78, 5) is 14.6. The van der Waals surface area contributed by atoms with Gasteiger partial charge in [0.25, 0.3) is 0 Å². The molecular weight excluding hydrogens is 266 g/mol. The van der Waals surface area contributed by atoms with E-state index >= 15 is 0 Å². The zero-order chi connectivity index (χ0) is 14.8. The molecule has 1 saturated heterocycles. The van der Waals surface area contributed by atoms with Gasteiger partial charge >= 0.3 is 0 Å². The van der Waals surface area contributed by atoms with Crippen LogP contribution in [-0.2, 0) is 17.6 Å². The Morgan fingerprint density at radius 1 is 1.38 bits per heavy atom. The van der Waals surface area contributed by atoms with Crippen LogP contribution in [0.15, 0.2) is 18.2 Å². The molecule has 4 nitrogen and oxygen atoms in total. The van der Waals surface area contributed by atoms with E-state index in [2.05, 4.69) is 24.0 Å². The van der Waals surface area contributed by atoms with Crippen molar-refractivity contribution < 1.29 is 14.6 Å². The fourth-order valence-corrected chi connectivity index (χ4v) is 3.23. The van der Waals surface area contributed by atoms with E-state index < -0.39 is 0 Å². The van der Waals surface area contributed by atoms with Crippen molar-refractivity contribution in [2.75, 3.05) is 26.3 Å². The van der Waals surface area contributed by atoms with Gasteiger partial charge in [-0.2, -0.15) is 0 Å².